The third kappa shape index (κ3) is 3.47. The first-order chi connectivity index (χ1) is 14.0. The van der Waals surface area contributed by atoms with Crippen molar-refractivity contribution in [3.63, 3.8) is 0 Å². The molecular weight excluding hydrogens is 390 g/mol. The molecule has 8 nitrogen and oxygen atoms in total. The lowest BCUT2D eigenvalue weighted by atomic mass is 10.1. The molecule has 3 amide bonds. The Morgan fingerprint density at radius 3 is 2.24 bits per heavy atom. The van der Waals surface area contributed by atoms with Gasteiger partial charge in [0, 0.05) is 12.6 Å². The van der Waals surface area contributed by atoms with Crippen molar-refractivity contribution in [2.24, 2.45) is 7.05 Å². The van der Waals surface area contributed by atoms with E-state index in [4.69, 9.17) is 12.2 Å². The summed E-state index contributed by atoms with van der Waals surface area (Å²) in [4.78, 5) is 38.5. The van der Waals surface area contributed by atoms with Gasteiger partial charge in [0.15, 0.2) is 10.6 Å². The number of H-pyrrole nitrogens is 1. The number of benzene rings is 2. The van der Waals surface area contributed by atoms with E-state index in [9.17, 15) is 14.4 Å². The lowest BCUT2D eigenvalue weighted by molar-refractivity contribution is 0.0641. The Morgan fingerprint density at radius 2 is 1.69 bits per heavy atom. The summed E-state index contributed by atoms with van der Waals surface area (Å²) in [6, 6.07) is 13.5. The van der Waals surface area contributed by atoms with Crippen LogP contribution in [-0.2, 0) is 20.1 Å². The molecule has 9 heteroatoms. The number of aromatic nitrogens is 3. The molecule has 0 unspecified atom stereocenters. The third-order valence-electron chi connectivity index (χ3n) is 4.81. The third-order valence-corrected chi connectivity index (χ3v) is 5.18. The van der Waals surface area contributed by atoms with Crippen molar-refractivity contribution < 1.29 is 14.4 Å². The van der Waals surface area contributed by atoms with Crippen LogP contribution in [0.2, 0.25) is 0 Å². The van der Waals surface area contributed by atoms with Gasteiger partial charge in [-0.1, -0.05) is 24.3 Å². The Labute approximate surface area is 171 Å². The highest BCUT2D eigenvalue weighted by atomic mass is 32.1. The zero-order chi connectivity index (χ0) is 20.5. The molecule has 4 rings (SSSR count). The number of imide groups is 1. The molecular formula is C20H17N5O3S. The summed E-state index contributed by atoms with van der Waals surface area (Å²) in [5, 5.41) is 9.49. The smallest absolute Gasteiger partial charge is 0.261 e. The molecule has 3 aromatic rings. The van der Waals surface area contributed by atoms with Crippen LogP contribution >= 0.6 is 12.2 Å². The monoisotopic (exact) mass is 407 g/mol. The zero-order valence-electron chi connectivity index (χ0n) is 15.5. The number of nitrogens with one attached hydrogen (secondary N) is 2. The van der Waals surface area contributed by atoms with Gasteiger partial charge >= 0.3 is 0 Å². The second-order valence-electron chi connectivity index (χ2n) is 6.63. The van der Waals surface area contributed by atoms with Gasteiger partial charge in [0.05, 0.1) is 24.2 Å². The van der Waals surface area contributed by atoms with Crippen LogP contribution < -0.4 is 5.32 Å². The minimum Gasteiger partial charge on any atom is -0.345 e. The van der Waals surface area contributed by atoms with Crippen LogP contribution in [0.15, 0.2) is 48.5 Å². The maximum atomic E-state index is 12.5. The number of hydrogen-bond donors (Lipinski definition) is 2. The molecule has 2 aromatic carbocycles. The van der Waals surface area contributed by atoms with Crippen LogP contribution in [0.4, 0.5) is 0 Å². The van der Waals surface area contributed by atoms with E-state index in [0.717, 1.165) is 5.56 Å². The SMILES string of the molecule is Cn1c(CNC(=O)c2ccc(CN3C(=O)c4ccccc4C3=O)cc2)n[nH]c1=S. The van der Waals surface area contributed by atoms with Crippen molar-refractivity contribution in [2.45, 2.75) is 13.1 Å². The van der Waals surface area contributed by atoms with E-state index in [-0.39, 0.29) is 30.8 Å². The predicted octanol–water partition coefficient (Wildman–Crippen LogP) is 2.20. The molecule has 146 valence electrons. The second-order valence-corrected chi connectivity index (χ2v) is 7.01. The molecule has 0 fully saturated rings. The normalized spacial score (nSPS) is 12.9. The number of carbonyl (C=O) groups is 3. The minimum atomic E-state index is -0.305. The molecule has 1 aliphatic heterocycles. The highest BCUT2D eigenvalue weighted by Gasteiger charge is 2.34. The molecule has 2 heterocycles. The van der Waals surface area contributed by atoms with Gasteiger partial charge in [-0.25, -0.2) is 0 Å². The van der Waals surface area contributed by atoms with Crippen molar-refractivity contribution in [1.82, 2.24) is 25.0 Å². The number of rotatable bonds is 5. The minimum absolute atomic E-state index is 0.152. The molecule has 1 aliphatic rings. The highest BCUT2D eigenvalue weighted by molar-refractivity contribution is 7.71. The first kappa shape index (κ1) is 18.8. The van der Waals surface area contributed by atoms with Crippen molar-refractivity contribution in [3.8, 4) is 0 Å². The molecule has 1 aromatic heterocycles. The van der Waals surface area contributed by atoms with Crippen molar-refractivity contribution in [1.29, 1.82) is 0 Å². The van der Waals surface area contributed by atoms with Gasteiger partial charge in [0.1, 0.15) is 0 Å². The Kier molecular flexibility index (Phi) is 4.81. The van der Waals surface area contributed by atoms with E-state index in [0.29, 0.717) is 27.3 Å². The number of nitrogens with zero attached hydrogens (tertiary/aromatic N) is 3. The number of amides is 3. The number of carbonyl (C=O) groups excluding carboxylic acids is 3. The summed E-state index contributed by atoms with van der Waals surface area (Å²) in [5.41, 5.74) is 2.06. The second kappa shape index (κ2) is 7.44. The summed E-state index contributed by atoms with van der Waals surface area (Å²) < 4.78 is 2.16. The number of hydrogen-bond acceptors (Lipinski definition) is 5. The molecule has 0 radical (unpaired) electrons. The van der Waals surface area contributed by atoms with Gasteiger partial charge in [0.25, 0.3) is 17.7 Å². The lowest BCUT2D eigenvalue weighted by Crippen LogP contribution is -2.29. The van der Waals surface area contributed by atoms with Gasteiger partial charge in [-0.05, 0) is 42.0 Å². The summed E-state index contributed by atoms with van der Waals surface area (Å²) >= 11 is 5.04. The Morgan fingerprint density at radius 1 is 1.07 bits per heavy atom. The summed E-state index contributed by atoms with van der Waals surface area (Å²) in [6.07, 6.45) is 0. The van der Waals surface area contributed by atoms with Crippen LogP contribution in [0, 0.1) is 4.77 Å². The fourth-order valence-electron chi connectivity index (χ4n) is 3.13. The first-order valence-corrected chi connectivity index (χ1v) is 9.29. The standard InChI is InChI=1S/C20H17N5O3S/c1-24-16(22-23-20(24)29)10-21-17(26)13-8-6-12(7-9-13)11-25-18(27)14-4-2-3-5-15(14)19(25)28/h2-9H,10-11H2,1H3,(H,21,26)(H,23,29). The van der Waals surface area contributed by atoms with Gasteiger partial charge in [-0.3, -0.25) is 24.4 Å². The zero-order valence-corrected chi connectivity index (χ0v) is 16.3. The average Bonchev–Trinajstić information content (AvgIpc) is 3.18. The molecule has 0 saturated heterocycles. The van der Waals surface area contributed by atoms with E-state index < -0.39 is 0 Å². The summed E-state index contributed by atoms with van der Waals surface area (Å²) in [7, 11) is 1.77. The molecule has 0 bridgehead atoms. The van der Waals surface area contributed by atoms with Gasteiger partial charge in [-0.2, -0.15) is 5.10 Å². The van der Waals surface area contributed by atoms with Crippen molar-refractivity contribution in [3.05, 3.63) is 81.4 Å². The van der Waals surface area contributed by atoms with Crippen molar-refractivity contribution in [2.75, 3.05) is 0 Å². The Balaban J connectivity index is 1.41. The maximum absolute atomic E-state index is 12.5. The first-order valence-electron chi connectivity index (χ1n) is 8.88. The van der Waals surface area contributed by atoms with Gasteiger partial charge in [0.2, 0.25) is 0 Å². The number of fused-ring (bicyclic) bond motifs is 1. The average molecular weight is 407 g/mol. The Bertz CT molecular complexity index is 1140. The summed E-state index contributed by atoms with van der Waals surface area (Å²) in [6.45, 7) is 0.387. The molecule has 29 heavy (non-hydrogen) atoms. The van der Waals surface area contributed by atoms with Crippen molar-refractivity contribution >= 4 is 29.9 Å². The van der Waals surface area contributed by atoms with Crippen LogP contribution in [0.25, 0.3) is 0 Å². The Hall–Kier alpha value is -3.59. The fraction of sp³-hybridized carbons (Fsp3) is 0.150. The summed E-state index contributed by atoms with van der Waals surface area (Å²) in [5.74, 6) is -0.252. The molecule has 0 saturated carbocycles. The lowest BCUT2D eigenvalue weighted by Gasteiger charge is -2.14. The number of aromatic amines is 1. The van der Waals surface area contributed by atoms with Crippen LogP contribution in [0.3, 0.4) is 0 Å². The van der Waals surface area contributed by atoms with E-state index in [1.807, 2.05) is 0 Å². The van der Waals surface area contributed by atoms with Gasteiger partial charge < -0.3 is 9.88 Å². The van der Waals surface area contributed by atoms with E-state index >= 15 is 0 Å². The predicted molar refractivity (Wildman–Crippen MR) is 107 cm³/mol. The van der Waals surface area contributed by atoms with E-state index in [2.05, 4.69) is 15.5 Å². The molecule has 0 atom stereocenters. The largest absolute Gasteiger partial charge is 0.345 e. The molecule has 2 N–H and O–H groups in total. The van der Waals surface area contributed by atoms with Crippen LogP contribution in [-0.4, -0.2) is 37.4 Å². The quantitative estimate of drug-likeness (QED) is 0.499. The van der Waals surface area contributed by atoms with Crippen LogP contribution in [0.5, 0.6) is 0 Å². The maximum Gasteiger partial charge on any atom is 0.261 e. The fourth-order valence-corrected chi connectivity index (χ4v) is 3.28. The van der Waals surface area contributed by atoms with Gasteiger partial charge in [-0.15, -0.1) is 0 Å². The van der Waals surface area contributed by atoms with Crippen LogP contribution in [0.1, 0.15) is 42.5 Å². The molecule has 0 aliphatic carbocycles. The molecule has 0 spiro atoms. The van der Waals surface area contributed by atoms with E-state index in [1.165, 1.54) is 4.90 Å². The highest BCUT2D eigenvalue weighted by Crippen LogP contribution is 2.24. The topological polar surface area (TPSA) is 100 Å². The van der Waals surface area contributed by atoms with E-state index in [1.54, 1.807) is 60.1 Å².